The summed E-state index contributed by atoms with van der Waals surface area (Å²) >= 11 is 1.88. The van der Waals surface area contributed by atoms with Gasteiger partial charge >= 0.3 is 0 Å². The number of hydrogen-bond donors (Lipinski definition) is 1. The molecule has 2 aliphatic rings. The van der Waals surface area contributed by atoms with Gasteiger partial charge in [0.2, 0.25) is 0 Å². The Balaban J connectivity index is 2.04. The normalized spacial score (nSPS) is 28.4. The fourth-order valence-corrected chi connectivity index (χ4v) is 4.12. The zero-order chi connectivity index (χ0) is 12.4. The van der Waals surface area contributed by atoms with Crippen LogP contribution in [0.3, 0.4) is 0 Å². The van der Waals surface area contributed by atoms with Crippen LogP contribution in [0.5, 0.6) is 0 Å². The van der Waals surface area contributed by atoms with E-state index in [1.165, 1.54) is 10.5 Å². The number of fused-ring (bicyclic) bond motifs is 1. The Bertz CT molecular complexity index is 476. The number of nitriles is 1. The van der Waals surface area contributed by atoms with Gasteiger partial charge in [0.25, 0.3) is 0 Å². The van der Waals surface area contributed by atoms with Gasteiger partial charge in [-0.25, -0.2) is 0 Å². The zero-order valence-electron chi connectivity index (χ0n) is 10.4. The van der Waals surface area contributed by atoms with E-state index in [0.29, 0.717) is 0 Å². The lowest BCUT2D eigenvalue weighted by Gasteiger charge is -2.44. The maximum absolute atomic E-state index is 9.82. The lowest BCUT2D eigenvalue weighted by molar-refractivity contribution is 0.111. The van der Waals surface area contributed by atoms with Crippen molar-refractivity contribution in [2.45, 2.75) is 16.9 Å². The highest BCUT2D eigenvalue weighted by Gasteiger charge is 2.42. The average Bonchev–Trinajstić information content (AvgIpc) is 2.47. The van der Waals surface area contributed by atoms with Crippen molar-refractivity contribution in [1.29, 1.82) is 5.26 Å². The minimum absolute atomic E-state index is 0.399. The van der Waals surface area contributed by atoms with E-state index in [1.807, 2.05) is 11.8 Å². The van der Waals surface area contributed by atoms with Crippen molar-refractivity contribution in [1.82, 2.24) is 10.2 Å². The summed E-state index contributed by atoms with van der Waals surface area (Å²) in [5, 5.41) is 13.2. The van der Waals surface area contributed by atoms with Crippen molar-refractivity contribution in [2.75, 3.05) is 31.9 Å². The second-order valence-electron chi connectivity index (χ2n) is 4.80. The van der Waals surface area contributed by atoms with Gasteiger partial charge in [0.1, 0.15) is 5.54 Å². The quantitative estimate of drug-likeness (QED) is 0.835. The molecule has 18 heavy (non-hydrogen) atoms. The number of rotatable bonds is 1. The van der Waals surface area contributed by atoms with E-state index in [4.69, 9.17) is 0 Å². The second-order valence-corrected chi connectivity index (χ2v) is 5.94. The SMILES string of the molecule is N#CC1(N2CCNCC2)CCSc2ccccc21. The first-order chi connectivity index (χ1) is 8.87. The van der Waals surface area contributed by atoms with E-state index in [1.54, 1.807) is 0 Å². The summed E-state index contributed by atoms with van der Waals surface area (Å²) in [6, 6.07) is 11.0. The zero-order valence-corrected chi connectivity index (χ0v) is 11.2. The lowest BCUT2D eigenvalue weighted by Crippen LogP contribution is -2.54. The Morgan fingerprint density at radius 1 is 1.28 bits per heavy atom. The van der Waals surface area contributed by atoms with Crippen LogP contribution in [0.2, 0.25) is 0 Å². The van der Waals surface area contributed by atoms with Crippen molar-refractivity contribution in [3.8, 4) is 6.07 Å². The van der Waals surface area contributed by atoms with Crippen LogP contribution in [0, 0.1) is 11.3 Å². The van der Waals surface area contributed by atoms with Crippen LogP contribution in [-0.2, 0) is 5.54 Å². The molecule has 0 saturated carbocycles. The number of thioether (sulfide) groups is 1. The third-order valence-electron chi connectivity index (χ3n) is 3.90. The molecule has 0 aromatic heterocycles. The minimum Gasteiger partial charge on any atom is -0.314 e. The highest BCUT2D eigenvalue weighted by molar-refractivity contribution is 7.99. The molecule has 1 saturated heterocycles. The van der Waals surface area contributed by atoms with Gasteiger partial charge in [-0.05, 0) is 12.5 Å². The first kappa shape index (κ1) is 12.0. The van der Waals surface area contributed by atoms with Gasteiger partial charge < -0.3 is 5.32 Å². The molecule has 1 unspecified atom stereocenters. The molecule has 3 rings (SSSR count). The molecular weight excluding hydrogens is 242 g/mol. The standard InChI is InChI=1S/C14H17N3S/c15-11-14(17-8-6-16-7-9-17)5-10-18-13-4-2-1-3-12(13)14/h1-4,16H,5-10H2. The molecule has 3 nitrogen and oxygen atoms in total. The molecular formula is C14H17N3S. The summed E-state index contributed by atoms with van der Waals surface area (Å²) < 4.78 is 0. The van der Waals surface area contributed by atoms with Crippen LogP contribution in [0.1, 0.15) is 12.0 Å². The predicted molar refractivity (Wildman–Crippen MR) is 73.5 cm³/mol. The summed E-state index contributed by atoms with van der Waals surface area (Å²) in [7, 11) is 0. The average molecular weight is 259 g/mol. The van der Waals surface area contributed by atoms with E-state index in [9.17, 15) is 5.26 Å². The molecule has 1 aromatic carbocycles. The molecule has 1 N–H and O–H groups in total. The molecule has 2 heterocycles. The first-order valence-corrected chi connectivity index (χ1v) is 7.45. The number of benzene rings is 1. The Labute approximate surface area is 112 Å². The number of nitrogens with one attached hydrogen (secondary N) is 1. The van der Waals surface area contributed by atoms with E-state index < -0.39 is 5.54 Å². The highest BCUT2D eigenvalue weighted by Crippen LogP contribution is 2.43. The number of nitrogens with zero attached hydrogens (tertiary/aromatic N) is 2. The Morgan fingerprint density at radius 3 is 2.83 bits per heavy atom. The monoisotopic (exact) mass is 259 g/mol. The molecule has 0 bridgehead atoms. The van der Waals surface area contributed by atoms with E-state index in [-0.39, 0.29) is 0 Å². The van der Waals surface area contributed by atoms with E-state index >= 15 is 0 Å². The van der Waals surface area contributed by atoms with Gasteiger partial charge in [-0.2, -0.15) is 5.26 Å². The summed E-state index contributed by atoms with van der Waals surface area (Å²) in [6.45, 7) is 3.90. The van der Waals surface area contributed by atoms with Crippen LogP contribution < -0.4 is 5.32 Å². The molecule has 0 amide bonds. The Hall–Kier alpha value is -1.02. The van der Waals surface area contributed by atoms with Crippen LogP contribution in [-0.4, -0.2) is 36.8 Å². The molecule has 4 heteroatoms. The van der Waals surface area contributed by atoms with Crippen molar-refractivity contribution >= 4 is 11.8 Å². The van der Waals surface area contributed by atoms with Gasteiger partial charge in [0.15, 0.2) is 0 Å². The molecule has 2 aliphatic heterocycles. The first-order valence-electron chi connectivity index (χ1n) is 6.46. The lowest BCUT2D eigenvalue weighted by atomic mass is 9.85. The number of hydrogen-bond acceptors (Lipinski definition) is 4. The van der Waals surface area contributed by atoms with E-state index in [2.05, 4.69) is 40.6 Å². The number of piperazine rings is 1. The third kappa shape index (κ3) is 1.83. The fraction of sp³-hybridized carbons (Fsp3) is 0.500. The summed E-state index contributed by atoms with van der Waals surface area (Å²) in [6.07, 6.45) is 0.936. The van der Waals surface area contributed by atoms with Crippen LogP contribution >= 0.6 is 11.8 Å². The third-order valence-corrected chi connectivity index (χ3v) is 4.97. The summed E-state index contributed by atoms with van der Waals surface area (Å²) in [5.41, 5.74) is 0.815. The van der Waals surface area contributed by atoms with Gasteiger partial charge in [-0.3, -0.25) is 4.90 Å². The van der Waals surface area contributed by atoms with E-state index in [0.717, 1.165) is 38.4 Å². The minimum atomic E-state index is -0.399. The molecule has 0 radical (unpaired) electrons. The summed E-state index contributed by atoms with van der Waals surface area (Å²) in [5.74, 6) is 1.04. The van der Waals surface area contributed by atoms with Gasteiger partial charge in [-0.15, -0.1) is 11.8 Å². The van der Waals surface area contributed by atoms with Crippen molar-refractivity contribution < 1.29 is 0 Å². The molecule has 0 aliphatic carbocycles. The molecule has 94 valence electrons. The van der Waals surface area contributed by atoms with Crippen molar-refractivity contribution in [2.24, 2.45) is 0 Å². The Morgan fingerprint density at radius 2 is 2.06 bits per heavy atom. The van der Waals surface area contributed by atoms with Gasteiger partial charge in [0, 0.05) is 42.4 Å². The Kier molecular flexibility index (Phi) is 3.29. The maximum Gasteiger partial charge on any atom is 0.136 e. The van der Waals surface area contributed by atoms with Crippen LogP contribution in [0.25, 0.3) is 0 Å². The summed E-state index contributed by atoms with van der Waals surface area (Å²) in [4.78, 5) is 3.64. The van der Waals surface area contributed by atoms with Gasteiger partial charge in [0.05, 0.1) is 6.07 Å². The molecule has 0 spiro atoms. The largest absolute Gasteiger partial charge is 0.314 e. The van der Waals surface area contributed by atoms with Crippen LogP contribution in [0.4, 0.5) is 0 Å². The van der Waals surface area contributed by atoms with Gasteiger partial charge in [-0.1, -0.05) is 18.2 Å². The maximum atomic E-state index is 9.82. The van der Waals surface area contributed by atoms with Crippen molar-refractivity contribution in [3.63, 3.8) is 0 Å². The highest BCUT2D eigenvalue weighted by atomic mass is 32.2. The fourth-order valence-electron chi connectivity index (χ4n) is 2.94. The van der Waals surface area contributed by atoms with Crippen LogP contribution in [0.15, 0.2) is 29.2 Å². The van der Waals surface area contributed by atoms with Crippen molar-refractivity contribution in [3.05, 3.63) is 29.8 Å². The smallest absolute Gasteiger partial charge is 0.136 e. The predicted octanol–water partition coefficient (Wildman–Crippen LogP) is 1.81. The molecule has 1 fully saturated rings. The molecule has 1 aromatic rings. The second kappa shape index (κ2) is 4.93. The topological polar surface area (TPSA) is 39.1 Å². The molecule has 1 atom stereocenters.